The van der Waals surface area contributed by atoms with Crippen molar-refractivity contribution in [1.29, 1.82) is 0 Å². The lowest BCUT2D eigenvalue weighted by Gasteiger charge is -2.34. The van der Waals surface area contributed by atoms with Crippen LogP contribution in [0.1, 0.15) is 12.0 Å². The summed E-state index contributed by atoms with van der Waals surface area (Å²) in [7, 11) is -3.78. The van der Waals surface area contributed by atoms with Gasteiger partial charge in [-0.1, -0.05) is 41.4 Å². The number of hydrogen-bond donors (Lipinski definition) is 0. The molecular weight excluding hydrogens is 471 g/mol. The van der Waals surface area contributed by atoms with Crippen LogP contribution in [0, 0.1) is 0 Å². The Labute approximate surface area is 197 Å². The first kappa shape index (κ1) is 22.8. The first-order chi connectivity index (χ1) is 15.3. The van der Waals surface area contributed by atoms with Gasteiger partial charge in [0, 0.05) is 43.8 Å². The second kappa shape index (κ2) is 9.62. The molecule has 0 saturated carbocycles. The Morgan fingerprint density at radius 1 is 1.00 bits per heavy atom. The monoisotopic (exact) mass is 492 g/mol. The molecule has 2 heterocycles. The Balaban J connectivity index is 1.32. The van der Waals surface area contributed by atoms with E-state index in [0.29, 0.717) is 31.0 Å². The van der Waals surface area contributed by atoms with Crippen molar-refractivity contribution in [3.05, 3.63) is 76.5 Å². The van der Waals surface area contributed by atoms with E-state index >= 15 is 0 Å². The van der Waals surface area contributed by atoms with Gasteiger partial charge in [-0.15, -0.1) is 0 Å². The summed E-state index contributed by atoms with van der Waals surface area (Å²) in [5.74, 6) is -0.00435. The first-order valence-electron chi connectivity index (χ1n) is 10.2. The minimum atomic E-state index is -3.78. The van der Waals surface area contributed by atoms with E-state index in [1.54, 1.807) is 21.8 Å². The van der Waals surface area contributed by atoms with Gasteiger partial charge in [-0.25, -0.2) is 13.1 Å². The van der Waals surface area contributed by atoms with Crippen molar-refractivity contribution in [1.82, 2.24) is 19.0 Å². The molecule has 0 bridgehead atoms. The van der Waals surface area contributed by atoms with Crippen LogP contribution < -0.4 is 0 Å². The Morgan fingerprint density at radius 3 is 2.44 bits per heavy atom. The van der Waals surface area contributed by atoms with E-state index in [1.807, 2.05) is 36.5 Å². The molecule has 32 heavy (non-hydrogen) atoms. The van der Waals surface area contributed by atoms with Gasteiger partial charge in [0.05, 0.1) is 16.9 Å². The molecule has 0 radical (unpaired) electrons. The number of nitrogens with zero attached hydrogens (tertiary/aromatic N) is 4. The van der Waals surface area contributed by atoms with Crippen molar-refractivity contribution in [3.63, 3.8) is 0 Å². The van der Waals surface area contributed by atoms with Crippen molar-refractivity contribution < 1.29 is 13.2 Å². The van der Waals surface area contributed by atoms with Crippen LogP contribution in [0.25, 0.3) is 5.69 Å². The maximum absolute atomic E-state index is 12.9. The molecule has 0 atom stereocenters. The van der Waals surface area contributed by atoms with Crippen molar-refractivity contribution in [2.75, 3.05) is 26.2 Å². The van der Waals surface area contributed by atoms with Crippen LogP contribution >= 0.6 is 23.2 Å². The molecule has 1 aliphatic rings. The summed E-state index contributed by atoms with van der Waals surface area (Å²) in [6.45, 7) is 1.09. The average Bonchev–Trinajstić information content (AvgIpc) is 3.29. The number of benzene rings is 2. The Hall–Kier alpha value is -2.39. The van der Waals surface area contributed by atoms with Crippen LogP contribution in [0.2, 0.25) is 10.0 Å². The largest absolute Gasteiger partial charge is 0.340 e. The van der Waals surface area contributed by atoms with Crippen molar-refractivity contribution >= 4 is 39.1 Å². The Morgan fingerprint density at radius 2 is 1.72 bits per heavy atom. The smallest absolute Gasteiger partial charge is 0.244 e. The van der Waals surface area contributed by atoms with Crippen LogP contribution in [0.3, 0.4) is 0 Å². The molecule has 0 unspecified atom stereocenters. The topological polar surface area (TPSA) is 75.5 Å². The molecule has 168 valence electrons. The number of carbonyl (C=O) groups excluding carboxylic acids is 1. The Kier molecular flexibility index (Phi) is 6.85. The molecule has 1 saturated heterocycles. The van der Waals surface area contributed by atoms with Gasteiger partial charge >= 0.3 is 0 Å². The molecular formula is C22H22Cl2N4O3S. The number of para-hydroxylation sites is 1. The third kappa shape index (κ3) is 4.99. The summed E-state index contributed by atoms with van der Waals surface area (Å²) in [5.41, 5.74) is 1.93. The average molecular weight is 493 g/mol. The molecule has 1 fully saturated rings. The van der Waals surface area contributed by atoms with E-state index in [1.165, 1.54) is 16.4 Å². The normalized spacial score (nSPS) is 15.1. The fourth-order valence-electron chi connectivity index (χ4n) is 3.61. The highest BCUT2D eigenvalue weighted by molar-refractivity contribution is 7.89. The SMILES string of the molecule is O=C(CCc1cnn(-c2ccccc2)c1)N1CCN(S(=O)(=O)c2cc(Cl)ccc2Cl)CC1. The van der Waals surface area contributed by atoms with E-state index in [-0.39, 0.29) is 28.9 Å². The number of aromatic nitrogens is 2. The van der Waals surface area contributed by atoms with Crippen molar-refractivity contribution in [3.8, 4) is 5.69 Å². The van der Waals surface area contributed by atoms with Crippen LogP contribution in [0.4, 0.5) is 0 Å². The molecule has 3 aromatic rings. The molecule has 1 aliphatic heterocycles. The number of halogens is 2. The molecule has 1 aromatic heterocycles. The predicted molar refractivity (Wildman–Crippen MR) is 124 cm³/mol. The fourth-order valence-corrected chi connectivity index (χ4v) is 5.77. The molecule has 0 N–H and O–H groups in total. The summed E-state index contributed by atoms with van der Waals surface area (Å²) in [6, 6.07) is 14.1. The number of amides is 1. The van der Waals surface area contributed by atoms with Gasteiger partial charge in [-0.2, -0.15) is 9.40 Å². The van der Waals surface area contributed by atoms with Gasteiger partial charge in [-0.05, 0) is 42.3 Å². The maximum Gasteiger partial charge on any atom is 0.244 e. The zero-order chi connectivity index (χ0) is 22.7. The summed E-state index contributed by atoms with van der Waals surface area (Å²) < 4.78 is 29.0. The maximum atomic E-state index is 12.9. The van der Waals surface area contributed by atoms with Crippen molar-refractivity contribution in [2.45, 2.75) is 17.7 Å². The highest BCUT2D eigenvalue weighted by Crippen LogP contribution is 2.28. The highest BCUT2D eigenvalue weighted by Gasteiger charge is 2.31. The fraction of sp³-hybridized carbons (Fsp3) is 0.273. The van der Waals surface area contributed by atoms with E-state index in [0.717, 1.165) is 11.3 Å². The third-order valence-corrected chi connectivity index (χ3v) is 8.00. The number of aryl methyl sites for hydroxylation is 1. The predicted octanol–water partition coefficient (Wildman–Crippen LogP) is 3.64. The summed E-state index contributed by atoms with van der Waals surface area (Å²) in [5, 5.41) is 4.79. The van der Waals surface area contributed by atoms with E-state index < -0.39 is 10.0 Å². The molecule has 7 nitrogen and oxygen atoms in total. The first-order valence-corrected chi connectivity index (χ1v) is 12.4. The summed E-state index contributed by atoms with van der Waals surface area (Å²) in [6.07, 6.45) is 4.59. The van der Waals surface area contributed by atoms with E-state index in [4.69, 9.17) is 23.2 Å². The number of piperazine rings is 1. The second-order valence-electron chi connectivity index (χ2n) is 7.49. The zero-order valence-electron chi connectivity index (χ0n) is 17.2. The molecule has 10 heteroatoms. The molecule has 0 spiro atoms. The number of hydrogen-bond acceptors (Lipinski definition) is 4. The number of carbonyl (C=O) groups is 1. The second-order valence-corrected chi connectivity index (χ2v) is 10.2. The molecule has 1 amide bonds. The molecule has 0 aliphatic carbocycles. The molecule has 2 aromatic carbocycles. The van der Waals surface area contributed by atoms with Crippen LogP contribution in [-0.4, -0.2) is 59.5 Å². The van der Waals surface area contributed by atoms with Crippen LogP contribution in [0.15, 0.2) is 65.8 Å². The van der Waals surface area contributed by atoms with E-state index in [2.05, 4.69) is 5.10 Å². The summed E-state index contributed by atoms with van der Waals surface area (Å²) >= 11 is 12.0. The lowest BCUT2D eigenvalue weighted by atomic mass is 10.2. The lowest BCUT2D eigenvalue weighted by molar-refractivity contribution is -0.132. The minimum absolute atomic E-state index is 0.00435. The lowest BCUT2D eigenvalue weighted by Crippen LogP contribution is -2.50. The van der Waals surface area contributed by atoms with Crippen LogP contribution in [-0.2, 0) is 21.2 Å². The van der Waals surface area contributed by atoms with Gasteiger partial charge in [-0.3, -0.25) is 4.79 Å². The quantitative estimate of drug-likeness (QED) is 0.526. The minimum Gasteiger partial charge on any atom is -0.340 e. The van der Waals surface area contributed by atoms with Gasteiger partial charge in [0.2, 0.25) is 15.9 Å². The number of sulfonamides is 1. The van der Waals surface area contributed by atoms with Gasteiger partial charge < -0.3 is 4.90 Å². The Bertz CT molecular complexity index is 1210. The number of rotatable bonds is 6. The van der Waals surface area contributed by atoms with Gasteiger partial charge in [0.15, 0.2) is 0 Å². The van der Waals surface area contributed by atoms with Gasteiger partial charge in [0.1, 0.15) is 4.90 Å². The van der Waals surface area contributed by atoms with Gasteiger partial charge in [0.25, 0.3) is 0 Å². The highest BCUT2D eigenvalue weighted by atomic mass is 35.5. The van der Waals surface area contributed by atoms with E-state index in [9.17, 15) is 13.2 Å². The van der Waals surface area contributed by atoms with Crippen molar-refractivity contribution in [2.24, 2.45) is 0 Å². The zero-order valence-corrected chi connectivity index (χ0v) is 19.5. The third-order valence-electron chi connectivity index (χ3n) is 5.39. The van der Waals surface area contributed by atoms with Crippen LogP contribution in [0.5, 0.6) is 0 Å². The summed E-state index contributed by atoms with van der Waals surface area (Å²) in [4.78, 5) is 14.4. The standard InChI is InChI=1S/C22H22Cl2N4O3S/c23-18-7-8-20(24)21(14-18)32(30,31)27-12-10-26(11-13-27)22(29)9-6-17-15-25-28(16-17)19-4-2-1-3-5-19/h1-5,7-8,14-16H,6,9-13H2. The molecule has 4 rings (SSSR count).